The van der Waals surface area contributed by atoms with Gasteiger partial charge in [0.1, 0.15) is 0 Å². The summed E-state index contributed by atoms with van der Waals surface area (Å²) in [5.74, 6) is -0.639. The van der Waals surface area contributed by atoms with Crippen molar-refractivity contribution in [3.63, 3.8) is 0 Å². The zero-order chi connectivity index (χ0) is 26.7. The summed E-state index contributed by atoms with van der Waals surface area (Å²) in [6, 6.07) is 14.2. The van der Waals surface area contributed by atoms with E-state index in [-0.39, 0.29) is 11.3 Å². The molecule has 0 aliphatic carbocycles. The summed E-state index contributed by atoms with van der Waals surface area (Å²) in [5, 5.41) is 11.7. The van der Waals surface area contributed by atoms with E-state index in [4.69, 9.17) is 9.15 Å². The van der Waals surface area contributed by atoms with Crippen LogP contribution >= 0.6 is 0 Å². The zero-order valence-electron chi connectivity index (χ0n) is 22.3. The summed E-state index contributed by atoms with van der Waals surface area (Å²) in [6.45, 7) is 11.5. The lowest BCUT2D eigenvalue weighted by atomic mass is 9.93. The number of para-hydroxylation sites is 1. The van der Waals surface area contributed by atoms with Crippen molar-refractivity contribution in [2.24, 2.45) is 0 Å². The van der Waals surface area contributed by atoms with Crippen LogP contribution in [-0.4, -0.2) is 59.9 Å². The smallest absolute Gasteiger partial charge is 0.290 e. The number of nitrogens with zero attached hydrogens (tertiary/aromatic N) is 2. The van der Waals surface area contributed by atoms with Gasteiger partial charge in [-0.05, 0) is 55.2 Å². The second kappa shape index (κ2) is 11.2. The lowest BCUT2D eigenvalue weighted by Crippen LogP contribution is -2.34. The first-order valence-electron chi connectivity index (χ1n) is 13.0. The Morgan fingerprint density at radius 3 is 2.46 bits per heavy atom. The molecular formula is C30H36N2O5. The Morgan fingerprint density at radius 2 is 1.84 bits per heavy atom. The van der Waals surface area contributed by atoms with Gasteiger partial charge in [-0.25, -0.2) is 0 Å². The van der Waals surface area contributed by atoms with E-state index in [0.717, 1.165) is 37.2 Å². The van der Waals surface area contributed by atoms with Crippen LogP contribution in [0, 0.1) is 0 Å². The molecule has 0 unspecified atom stereocenters. The van der Waals surface area contributed by atoms with Gasteiger partial charge >= 0.3 is 0 Å². The third-order valence-corrected chi connectivity index (χ3v) is 7.19. The monoisotopic (exact) mass is 504 g/mol. The van der Waals surface area contributed by atoms with Crippen molar-refractivity contribution in [2.75, 3.05) is 33.3 Å². The van der Waals surface area contributed by atoms with Crippen LogP contribution in [0.4, 0.5) is 0 Å². The van der Waals surface area contributed by atoms with Crippen molar-refractivity contribution in [2.45, 2.75) is 46.1 Å². The first-order valence-corrected chi connectivity index (χ1v) is 13.0. The molecule has 0 radical (unpaired) electrons. The van der Waals surface area contributed by atoms with Crippen LogP contribution in [0.25, 0.3) is 11.0 Å². The normalized spacial score (nSPS) is 16.0. The van der Waals surface area contributed by atoms with Gasteiger partial charge in [-0.2, -0.15) is 0 Å². The Kier molecular flexibility index (Phi) is 8.03. The van der Waals surface area contributed by atoms with E-state index < -0.39 is 23.5 Å². The standard InChI is InChI=1S/C30H36N2O5/c1-6-31(7-2)16-9-17-32-26(21-14-12-20(13-15-21)19(3)4)25(28(34)30(32)35)27(33)24-18-22-10-8-11-23(36-5)29(22)37-24/h8,10-15,18-19,26,34H,6-7,9,16-17H2,1-5H3/t26-/m0/s1. The number of methoxy groups -OCH3 is 1. The SMILES string of the molecule is CCN(CC)CCCN1C(=O)C(O)=C(C(=O)c2cc3cccc(OC)c3o2)[C@@H]1c1ccc(C(C)C)cc1. The van der Waals surface area contributed by atoms with Gasteiger partial charge in [-0.3, -0.25) is 9.59 Å². The van der Waals surface area contributed by atoms with E-state index in [1.807, 2.05) is 36.4 Å². The number of furan rings is 1. The molecule has 1 aliphatic rings. The largest absolute Gasteiger partial charge is 0.503 e. The van der Waals surface area contributed by atoms with Crippen molar-refractivity contribution in [3.8, 4) is 5.75 Å². The summed E-state index contributed by atoms with van der Waals surface area (Å²) < 4.78 is 11.3. The highest BCUT2D eigenvalue weighted by Crippen LogP contribution is 2.40. The number of amides is 1. The lowest BCUT2D eigenvalue weighted by Gasteiger charge is -2.28. The quantitative estimate of drug-likeness (QED) is 0.329. The highest BCUT2D eigenvalue weighted by atomic mass is 16.5. The Morgan fingerprint density at radius 1 is 1.14 bits per heavy atom. The molecule has 1 atom stereocenters. The molecular weight excluding hydrogens is 468 g/mol. The summed E-state index contributed by atoms with van der Waals surface area (Å²) in [4.78, 5) is 31.0. The molecule has 37 heavy (non-hydrogen) atoms. The number of hydrogen-bond acceptors (Lipinski definition) is 6. The Hall–Kier alpha value is -3.58. The van der Waals surface area contributed by atoms with Crippen LogP contribution in [0.1, 0.15) is 67.8 Å². The molecule has 2 heterocycles. The third-order valence-electron chi connectivity index (χ3n) is 7.19. The van der Waals surface area contributed by atoms with E-state index in [2.05, 4.69) is 32.6 Å². The van der Waals surface area contributed by atoms with Crippen molar-refractivity contribution in [1.82, 2.24) is 9.80 Å². The molecule has 0 saturated carbocycles. The highest BCUT2D eigenvalue weighted by molar-refractivity contribution is 6.16. The van der Waals surface area contributed by atoms with Crippen LogP contribution in [0.3, 0.4) is 0 Å². The average molecular weight is 505 g/mol. The molecule has 3 aromatic rings. The fourth-order valence-corrected chi connectivity index (χ4v) is 4.97. The molecule has 2 aromatic carbocycles. The van der Waals surface area contributed by atoms with E-state index >= 15 is 0 Å². The van der Waals surface area contributed by atoms with Gasteiger partial charge in [0.2, 0.25) is 5.78 Å². The molecule has 7 heteroatoms. The van der Waals surface area contributed by atoms with E-state index in [9.17, 15) is 14.7 Å². The number of aliphatic hydroxyl groups is 1. The third kappa shape index (κ3) is 5.14. The number of benzene rings is 2. The maximum Gasteiger partial charge on any atom is 0.290 e. The van der Waals surface area contributed by atoms with Crippen LogP contribution in [-0.2, 0) is 4.79 Å². The minimum atomic E-state index is -0.701. The Balaban J connectivity index is 1.72. The molecule has 196 valence electrons. The predicted molar refractivity (Wildman–Crippen MR) is 144 cm³/mol. The number of aliphatic hydroxyl groups excluding tert-OH is 1. The molecule has 0 spiro atoms. The number of carbonyl (C=O) groups excluding carboxylic acids is 2. The number of hydrogen-bond donors (Lipinski definition) is 1. The molecule has 1 aromatic heterocycles. The molecule has 0 bridgehead atoms. The topological polar surface area (TPSA) is 83.2 Å². The molecule has 0 saturated heterocycles. The number of ether oxygens (including phenoxy) is 1. The van der Waals surface area contributed by atoms with E-state index in [1.54, 1.807) is 17.0 Å². The first-order chi connectivity index (χ1) is 17.8. The maximum atomic E-state index is 13.8. The second-order valence-corrected chi connectivity index (χ2v) is 9.68. The molecule has 1 amide bonds. The molecule has 4 rings (SSSR count). The lowest BCUT2D eigenvalue weighted by molar-refractivity contribution is -0.129. The average Bonchev–Trinajstić information content (AvgIpc) is 3.45. The molecule has 0 fully saturated rings. The van der Waals surface area contributed by atoms with Gasteiger partial charge in [-0.1, -0.05) is 64.1 Å². The van der Waals surface area contributed by atoms with Gasteiger partial charge in [0.15, 0.2) is 22.9 Å². The van der Waals surface area contributed by atoms with Gasteiger partial charge in [0.25, 0.3) is 5.91 Å². The summed E-state index contributed by atoms with van der Waals surface area (Å²) in [5.41, 5.74) is 2.43. The fourth-order valence-electron chi connectivity index (χ4n) is 4.97. The Labute approximate surface area is 218 Å². The highest BCUT2D eigenvalue weighted by Gasteiger charge is 2.44. The van der Waals surface area contributed by atoms with Gasteiger partial charge in [-0.15, -0.1) is 0 Å². The second-order valence-electron chi connectivity index (χ2n) is 9.68. The van der Waals surface area contributed by atoms with Crippen LogP contribution in [0.15, 0.2) is 64.3 Å². The predicted octanol–water partition coefficient (Wildman–Crippen LogP) is 5.88. The minimum Gasteiger partial charge on any atom is -0.503 e. The van der Waals surface area contributed by atoms with Crippen LogP contribution in [0.5, 0.6) is 5.75 Å². The van der Waals surface area contributed by atoms with E-state index in [0.29, 0.717) is 29.2 Å². The molecule has 7 nitrogen and oxygen atoms in total. The summed E-state index contributed by atoms with van der Waals surface area (Å²) >= 11 is 0. The number of carbonyl (C=O) groups is 2. The zero-order valence-corrected chi connectivity index (χ0v) is 22.3. The van der Waals surface area contributed by atoms with Crippen molar-refractivity contribution < 1.29 is 23.8 Å². The van der Waals surface area contributed by atoms with Gasteiger partial charge in [0.05, 0.1) is 18.7 Å². The number of rotatable bonds is 11. The molecule has 1 N–H and O–H groups in total. The van der Waals surface area contributed by atoms with Crippen LogP contribution in [0.2, 0.25) is 0 Å². The summed E-state index contributed by atoms with van der Waals surface area (Å²) in [6.07, 6.45) is 0.727. The fraction of sp³-hybridized carbons (Fsp3) is 0.400. The van der Waals surface area contributed by atoms with E-state index in [1.165, 1.54) is 7.11 Å². The van der Waals surface area contributed by atoms with Crippen LogP contribution < -0.4 is 4.74 Å². The van der Waals surface area contributed by atoms with Crippen molar-refractivity contribution in [1.29, 1.82) is 0 Å². The minimum absolute atomic E-state index is 0.0446. The van der Waals surface area contributed by atoms with Gasteiger partial charge in [0, 0.05) is 11.9 Å². The number of ketones is 1. The van der Waals surface area contributed by atoms with Crippen molar-refractivity contribution in [3.05, 3.63) is 76.8 Å². The van der Waals surface area contributed by atoms with Crippen molar-refractivity contribution >= 4 is 22.7 Å². The Bertz CT molecular complexity index is 1300. The maximum absolute atomic E-state index is 13.8. The number of fused-ring (bicyclic) bond motifs is 1. The summed E-state index contributed by atoms with van der Waals surface area (Å²) in [7, 11) is 1.54. The molecule has 1 aliphatic heterocycles. The first kappa shape index (κ1) is 26.5. The number of Topliss-reactive ketones (excluding diaryl/α,β-unsaturated/α-hetero) is 1. The van der Waals surface area contributed by atoms with Gasteiger partial charge < -0.3 is 24.1 Å².